The molecule has 0 radical (unpaired) electrons. The fraction of sp³-hybridized carbons (Fsp3) is 0.410. The van der Waals surface area contributed by atoms with Gasteiger partial charge in [0.25, 0.3) is 11.8 Å². The van der Waals surface area contributed by atoms with Crippen molar-refractivity contribution in [2.45, 2.75) is 64.5 Å². The maximum absolute atomic E-state index is 12.9. The first-order valence-electron chi connectivity index (χ1n) is 17.9. The molecule has 2 fully saturated rings. The van der Waals surface area contributed by atoms with Crippen LogP contribution in [0.4, 0.5) is 11.5 Å². The number of aromatic nitrogens is 2. The van der Waals surface area contributed by atoms with Gasteiger partial charge in [-0.25, -0.2) is 4.98 Å². The highest BCUT2D eigenvalue weighted by Crippen LogP contribution is 2.32. The molecule has 2 aromatic carbocycles. The summed E-state index contributed by atoms with van der Waals surface area (Å²) in [5.74, 6) is 1.42. The summed E-state index contributed by atoms with van der Waals surface area (Å²) in [6.07, 6.45) is 7.71. The third-order valence-electron chi connectivity index (χ3n) is 9.91. The third-order valence-corrected chi connectivity index (χ3v) is 9.91. The molecule has 0 saturated carbocycles. The summed E-state index contributed by atoms with van der Waals surface area (Å²) in [7, 11) is 4.15. The van der Waals surface area contributed by atoms with Crippen LogP contribution in [0.1, 0.15) is 89.9 Å². The number of fused-ring (bicyclic) bond motifs is 2. The maximum atomic E-state index is 12.9. The van der Waals surface area contributed by atoms with Gasteiger partial charge in [-0.05, 0) is 94.6 Å². The number of carbonyl (C=O) groups is 4. The van der Waals surface area contributed by atoms with E-state index >= 15 is 0 Å². The van der Waals surface area contributed by atoms with E-state index in [1.165, 1.54) is 5.69 Å². The van der Waals surface area contributed by atoms with Crippen LogP contribution in [0.5, 0.6) is 5.75 Å². The van der Waals surface area contributed by atoms with Gasteiger partial charge in [0, 0.05) is 84.2 Å². The van der Waals surface area contributed by atoms with Crippen LogP contribution in [0, 0.1) is 5.92 Å². The number of hydrogen-bond donors (Lipinski definition) is 4. The zero-order valence-electron chi connectivity index (χ0n) is 29.6. The molecule has 3 aliphatic rings. The average molecular weight is 694 g/mol. The number of nitrogens with zero attached hydrogens (tertiary/aromatic N) is 3. The molecule has 0 aliphatic carbocycles. The number of hydrogen-bond acceptors (Lipinski definition) is 8. The Morgan fingerprint density at radius 1 is 1.04 bits per heavy atom. The molecule has 1 atom stereocenters. The van der Waals surface area contributed by atoms with Crippen LogP contribution in [0.25, 0.3) is 10.9 Å². The summed E-state index contributed by atoms with van der Waals surface area (Å²) >= 11 is 0. The van der Waals surface area contributed by atoms with Crippen molar-refractivity contribution < 1.29 is 23.9 Å². The van der Waals surface area contributed by atoms with Crippen molar-refractivity contribution in [2.24, 2.45) is 5.92 Å². The van der Waals surface area contributed by atoms with Gasteiger partial charge in [0.05, 0.1) is 12.1 Å². The average Bonchev–Trinajstić information content (AvgIpc) is 3.72. The van der Waals surface area contributed by atoms with Crippen LogP contribution in [0.3, 0.4) is 0 Å². The molecule has 2 saturated heterocycles. The van der Waals surface area contributed by atoms with Crippen LogP contribution >= 0.6 is 0 Å². The Balaban J connectivity index is 0.000000495. The van der Waals surface area contributed by atoms with E-state index < -0.39 is 0 Å². The molecule has 0 spiro atoms. The van der Waals surface area contributed by atoms with Gasteiger partial charge >= 0.3 is 0 Å². The zero-order chi connectivity index (χ0) is 35.9. The molecule has 4 aromatic rings. The minimum absolute atomic E-state index is 0.0309. The van der Waals surface area contributed by atoms with Gasteiger partial charge in [0.2, 0.25) is 11.8 Å². The molecule has 0 bridgehead atoms. The molecule has 4 amide bonds. The lowest BCUT2D eigenvalue weighted by molar-refractivity contribution is -0.132. The predicted molar refractivity (Wildman–Crippen MR) is 197 cm³/mol. The van der Waals surface area contributed by atoms with E-state index in [1.807, 2.05) is 30.3 Å². The Morgan fingerprint density at radius 3 is 2.45 bits per heavy atom. The van der Waals surface area contributed by atoms with E-state index in [-0.39, 0.29) is 23.6 Å². The van der Waals surface area contributed by atoms with Gasteiger partial charge in [-0.15, -0.1) is 0 Å². The number of anilines is 2. The number of piperidine rings is 2. The van der Waals surface area contributed by atoms with Crippen molar-refractivity contribution in [3.63, 3.8) is 0 Å². The molecule has 3 aliphatic heterocycles. The van der Waals surface area contributed by atoms with Gasteiger partial charge in [0.1, 0.15) is 11.6 Å². The monoisotopic (exact) mass is 693 g/mol. The highest BCUT2D eigenvalue weighted by atomic mass is 16.5. The number of pyridine rings is 1. The van der Waals surface area contributed by atoms with E-state index in [0.29, 0.717) is 55.8 Å². The number of nitrogens with one attached hydrogen (secondary N) is 4. The first-order chi connectivity index (χ1) is 24.7. The largest absolute Gasteiger partial charge is 0.494 e. The van der Waals surface area contributed by atoms with Crippen LogP contribution in [-0.2, 0) is 16.1 Å². The number of rotatable bonds is 10. The summed E-state index contributed by atoms with van der Waals surface area (Å²) < 4.78 is 6.03. The Labute approximate surface area is 298 Å². The number of benzene rings is 2. The van der Waals surface area contributed by atoms with Gasteiger partial charge in [0.15, 0.2) is 0 Å². The standard InChI is InChI=1S/C34H40N6O3.C5H7NO2/c1-4-30(39(2)3)29-18-24-20-35-32(19-28(24)37-29)38-33(41)23-8-10-25(11-9-23)43-17-14-22-12-15-40(16-13-22)31-7-5-6-26-27(31)21-36-34(26)42;7-4-2-1-3-5(8)6-4/h5-11,18-20,22,30,37H,4,12-17,21H2,1-3H3,(H,36,42)(H,35,38,41);1-3H2,(H,6,7,8). The first kappa shape index (κ1) is 35.6. The zero-order valence-corrected chi connectivity index (χ0v) is 29.6. The number of imide groups is 1. The quantitative estimate of drug-likeness (QED) is 0.158. The number of ether oxygens (including phenoxy) is 1. The molecule has 12 heteroatoms. The van der Waals surface area contributed by atoms with Crippen LogP contribution in [0.2, 0.25) is 0 Å². The molecule has 4 N–H and O–H groups in total. The highest BCUT2D eigenvalue weighted by molar-refractivity contribution is 6.04. The lowest BCUT2D eigenvalue weighted by Gasteiger charge is -2.34. The summed E-state index contributed by atoms with van der Waals surface area (Å²) in [6, 6.07) is 17.6. The van der Waals surface area contributed by atoms with E-state index in [0.717, 1.165) is 72.2 Å². The summed E-state index contributed by atoms with van der Waals surface area (Å²) in [4.78, 5) is 58.2. The maximum Gasteiger partial charge on any atom is 0.256 e. The number of carbonyl (C=O) groups excluding carboxylic acids is 4. The lowest BCUT2D eigenvalue weighted by Crippen LogP contribution is -2.34. The molecular weight excluding hydrogens is 646 g/mol. The topological polar surface area (TPSA) is 149 Å². The van der Waals surface area contributed by atoms with Crippen LogP contribution < -0.4 is 25.6 Å². The van der Waals surface area contributed by atoms with Crippen LogP contribution in [0.15, 0.2) is 60.8 Å². The second-order valence-corrected chi connectivity index (χ2v) is 13.6. The molecule has 12 nitrogen and oxygen atoms in total. The molecule has 51 heavy (non-hydrogen) atoms. The second-order valence-electron chi connectivity index (χ2n) is 13.6. The summed E-state index contributed by atoms with van der Waals surface area (Å²) in [5.41, 5.74) is 5.77. The predicted octanol–water partition coefficient (Wildman–Crippen LogP) is 5.57. The van der Waals surface area contributed by atoms with Crippen molar-refractivity contribution in [1.82, 2.24) is 25.5 Å². The molecule has 1 unspecified atom stereocenters. The van der Waals surface area contributed by atoms with Gasteiger partial charge < -0.3 is 30.2 Å². The Hall–Kier alpha value is -5.23. The van der Waals surface area contributed by atoms with Crippen molar-refractivity contribution in [1.29, 1.82) is 0 Å². The van der Waals surface area contributed by atoms with E-state index in [2.05, 4.69) is 68.9 Å². The minimum atomic E-state index is -0.208. The van der Waals surface area contributed by atoms with Crippen molar-refractivity contribution in [2.75, 3.05) is 44.0 Å². The van der Waals surface area contributed by atoms with E-state index in [9.17, 15) is 19.2 Å². The number of aromatic amines is 1. The van der Waals surface area contributed by atoms with E-state index in [1.54, 1.807) is 18.3 Å². The normalized spacial score (nSPS) is 16.6. The number of H-pyrrole nitrogens is 1. The fourth-order valence-corrected chi connectivity index (χ4v) is 7.08. The molecule has 2 aromatic heterocycles. The van der Waals surface area contributed by atoms with E-state index in [4.69, 9.17) is 4.74 Å². The third kappa shape index (κ3) is 8.75. The Bertz CT molecular complexity index is 1860. The summed E-state index contributed by atoms with van der Waals surface area (Å²) in [5, 5.41) is 9.08. The second kappa shape index (κ2) is 16.2. The van der Waals surface area contributed by atoms with Gasteiger partial charge in [-0.3, -0.25) is 24.5 Å². The first-order valence-corrected chi connectivity index (χ1v) is 17.9. The van der Waals surface area contributed by atoms with Crippen molar-refractivity contribution in [3.05, 3.63) is 83.2 Å². The molecular formula is C39H47N7O5. The van der Waals surface area contributed by atoms with Gasteiger partial charge in [-0.1, -0.05) is 13.0 Å². The van der Waals surface area contributed by atoms with Crippen LogP contribution in [-0.4, -0.2) is 72.3 Å². The minimum Gasteiger partial charge on any atom is -0.494 e. The summed E-state index contributed by atoms with van der Waals surface area (Å²) in [6.45, 7) is 5.41. The molecule has 7 rings (SSSR count). The van der Waals surface area contributed by atoms with Crippen molar-refractivity contribution in [3.8, 4) is 5.75 Å². The number of amides is 4. The highest BCUT2D eigenvalue weighted by Gasteiger charge is 2.26. The molecule has 5 heterocycles. The van der Waals surface area contributed by atoms with Gasteiger partial charge in [-0.2, -0.15) is 0 Å². The SMILES string of the molecule is CCC(c1cc2cnc(NC(=O)c3ccc(OCCC4CCN(c5cccc6c5CNC6=O)CC4)cc3)cc2[nH]1)N(C)C.O=C1CCCC(=O)N1. The molecule has 268 valence electrons. The Kier molecular flexibility index (Phi) is 11.3. The fourth-order valence-electron chi connectivity index (χ4n) is 7.08. The smallest absolute Gasteiger partial charge is 0.256 e. The van der Waals surface area contributed by atoms with Crippen molar-refractivity contribution >= 4 is 46.0 Å². The lowest BCUT2D eigenvalue weighted by atomic mass is 9.93. The Morgan fingerprint density at radius 2 is 1.78 bits per heavy atom.